The fourth-order valence-corrected chi connectivity index (χ4v) is 3.46. The van der Waals surface area contributed by atoms with Crippen LogP contribution in [0.5, 0.6) is 0 Å². The summed E-state index contributed by atoms with van der Waals surface area (Å²) in [5.41, 5.74) is 0. The lowest BCUT2D eigenvalue weighted by Gasteiger charge is -2.30. The predicted octanol–water partition coefficient (Wildman–Crippen LogP) is 5.13. The minimum atomic E-state index is 0. The molecule has 0 aromatic heterocycles. The zero-order valence-electron chi connectivity index (χ0n) is 18.7. The average molecular weight is 598 g/mol. The summed E-state index contributed by atoms with van der Waals surface area (Å²) in [6.07, 6.45) is 23.0. The molecular weight excluding hydrogens is 546 g/mol. The van der Waals surface area contributed by atoms with Crippen molar-refractivity contribution in [1.29, 1.82) is 0 Å². The van der Waals surface area contributed by atoms with Gasteiger partial charge in [0.15, 0.2) is 0 Å². The van der Waals surface area contributed by atoms with Crippen molar-refractivity contribution >= 4 is 24.0 Å². The Morgan fingerprint density at radius 3 is 0.962 bits per heavy atom. The number of hydrogen-bond acceptors (Lipinski definition) is 1. The monoisotopic (exact) mass is 598 g/mol. The summed E-state index contributed by atoms with van der Waals surface area (Å²) in [4.78, 5) is 0. The van der Waals surface area contributed by atoms with Crippen LogP contribution in [0.3, 0.4) is 0 Å². The van der Waals surface area contributed by atoms with Crippen molar-refractivity contribution in [2.24, 2.45) is 0 Å². The van der Waals surface area contributed by atoms with E-state index in [-0.39, 0.29) is 54.1 Å². The van der Waals surface area contributed by atoms with E-state index in [2.05, 4.69) is 27.9 Å². The summed E-state index contributed by atoms with van der Waals surface area (Å²) in [7, 11) is 4.87. The maximum absolute atomic E-state index is 2.43. The van der Waals surface area contributed by atoms with E-state index in [4.69, 9.17) is 0 Å². The Morgan fingerprint density at radius 1 is 0.462 bits per heavy atom. The van der Waals surface area contributed by atoms with Crippen LogP contribution < -0.4 is 30.1 Å². The van der Waals surface area contributed by atoms with Gasteiger partial charge < -0.3 is 34.6 Å². The Morgan fingerprint density at radius 2 is 0.692 bits per heavy atom. The van der Waals surface area contributed by atoms with Gasteiger partial charge in [-0.2, -0.15) is 0 Å². The van der Waals surface area contributed by atoms with E-state index in [0.29, 0.717) is 0 Å². The van der Waals surface area contributed by atoms with Crippen LogP contribution in [-0.2, 0) is 0 Å². The van der Waals surface area contributed by atoms with Crippen molar-refractivity contribution in [1.82, 2.24) is 6.15 Å². The number of hydrogen-bond donors (Lipinski definition) is 1. The molecule has 0 saturated heterocycles. The number of nitrogens with zero attached hydrogens (tertiary/aromatic N) is 1. The Kier molecular flexibility index (Phi) is 35.4. The summed E-state index contributed by atoms with van der Waals surface area (Å²) in [6, 6.07) is 0. The van der Waals surface area contributed by atoms with E-state index < -0.39 is 0 Å². The number of quaternary nitrogens is 1. The molecule has 26 heavy (non-hydrogen) atoms. The summed E-state index contributed by atoms with van der Waals surface area (Å²) >= 11 is 0. The van der Waals surface area contributed by atoms with Crippen LogP contribution in [0.15, 0.2) is 0 Å². The molecule has 0 saturated carbocycles. The second-order valence-electron chi connectivity index (χ2n) is 8.33. The van der Waals surface area contributed by atoms with E-state index in [1.54, 1.807) is 0 Å². The molecule has 0 aliphatic heterocycles. The summed E-state index contributed by atoms with van der Waals surface area (Å²) in [5.74, 6) is 0. The molecule has 0 heterocycles. The molecular formula is C22H52I2N2. The number of unbranched alkanes of at least 4 members (excludes halogenated alkanes) is 14. The molecule has 0 fully saturated rings. The molecule has 0 unspecified atom stereocenters. The van der Waals surface area contributed by atoms with E-state index >= 15 is 0 Å². The van der Waals surface area contributed by atoms with Gasteiger partial charge >= 0.3 is 0 Å². The lowest BCUT2D eigenvalue weighted by Crippen LogP contribution is -3.00. The number of rotatable bonds is 18. The van der Waals surface area contributed by atoms with Crippen molar-refractivity contribution in [2.45, 2.75) is 117 Å². The van der Waals surface area contributed by atoms with Gasteiger partial charge in [-0.1, -0.05) is 90.9 Å². The van der Waals surface area contributed by atoms with Crippen LogP contribution in [0.1, 0.15) is 117 Å². The largest absolute Gasteiger partial charge is 1.00 e. The molecule has 0 radical (unpaired) electrons. The lowest BCUT2D eigenvalue weighted by atomic mass is 10.1. The second-order valence-corrected chi connectivity index (χ2v) is 8.33. The Balaban J connectivity index is -0.000000807. The van der Waals surface area contributed by atoms with E-state index in [1.807, 2.05) is 0 Å². The summed E-state index contributed by atoms with van der Waals surface area (Å²) < 4.78 is 1.24. The van der Waals surface area contributed by atoms with Gasteiger partial charge in [-0.05, 0) is 25.7 Å². The van der Waals surface area contributed by atoms with Gasteiger partial charge in [-0.25, -0.2) is 0 Å². The maximum Gasteiger partial charge on any atom is 0.0782 e. The van der Waals surface area contributed by atoms with Crippen molar-refractivity contribution < 1.29 is 28.5 Å². The molecule has 4 heteroatoms. The van der Waals surface area contributed by atoms with Gasteiger partial charge in [-0.3, -0.25) is 0 Å². The minimum absolute atomic E-state index is 0. The minimum Gasteiger partial charge on any atom is -1.00 e. The van der Waals surface area contributed by atoms with Crippen LogP contribution in [-0.4, -0.2) is 31.7 Å². The van der Waals surface area contributed by atoms with Crippen molar-refractivity contribution in [3.05, 3.63) is 0 Å². The third-order valence-electron chi connectivity index (χ3n) is 5.23. The van der Waals surface area contributed by atoms with Gasteiger partial charge in [0.05, 0.1) is 27.2 Å². The Labute approximate surface area is 201 Å². The highest BCUT2D eigenvalue weighted by Gasteiger charge is 2.13. The topological polar surface area (TPSA) is 35.0 Å². The normalized spacial score (nSPS) is 10.6. The van der Waals surface area contributed by atoms with Gasteiger partial charge in [0.2, 0.25) is 0 Å². The zero-order chi connectivity index (χ0) is 17.2. The SMILES string of the molecule is CCCCCCCCCC[N+](C)(C)CCCCCCCCCC.I.N.[I-]. The molecule has 164 valence electrons. The highest BCUT2D eigenvalue weighted by atomic mass is 127. The molecule has 2 nitrogen and oxygen atoms in total. The fourth-order valence-electron chi connectivity index (χ4n) is 3.46. The zero-order valence-corrected chi connectivity index (χ0v) is 23.2. The van der Waals surface area contributed by atoms with Gasteiger partial charge in [0, 0.05) is 0 Å². The lowest BCUT2D eigenvalue weighted by molar-refractivity contribution is -0.890. The molecule has 0 aromatic rings. The van der Waals surface area contributed by atoms with Crippen LogP contribution in [0, 0.1) is 0 Å². The first kappa shape index (κ1) is 34.9. The molecule has 0 amide bonds. The molecule has 0 aromatic carbocycles. The molecule has 0 atom stereocenters. The predicted molar refractivity (Wildman–Crippen MR) is 127 cm³/mol. The second kappa shape index (κ2) is 26.4. The van der Waals surface area contributed by atoms with E-state index in [0.717, 1.165) is 0 Å². The average Bonchev–Trinajstić information content (AvgIpc) is 2.52. The highest BCUT2D eigenvalue weighted by Crippen LogP contribution is 2.13. The van der Waals surface area contributed by atoms with Gasteiger partial charge in [-0.15, -0.1) is 24.0 Å². The molecule has 0 rings (SSSR count). The van der Waals surface area contributed by atoms with Crippen molar-refractivity contribution in [3.8, 4) is 0 Å². The highest BCUT2D eigenvalue weighted by molar-refractivity contribution is 14.0. The maximum atomic E-state index is 2.43. The molecule has 0 aliphatic rings. The molecule has 0 aliphatic carbocycles. The van der Waals surface area contributed by atoms with Crippen molar-refractivity contribution in [3.63, 3.8) is 0 Å². The van der Waals surface area contributed by atoms with Crippen LogP contribution in [0.4, 0.5) is 0 Å². The molecule has 3 N–H and O–H groups in total. The summed E-state index contributed by atoms with van der Waals surface area (Å²) in [6.45, 7) is 7.36. The first-order valence-electron chi connectivity index (χ1n) is 10.9. The van der Waals surface area contributed by atoms with Crippen LogP contribution in [0.2, 0.25) is 0 Å². The molecule has 0 bridgehead atoms. The van der Waals surface area contributed by atoms with Crippen LogP contribution >= 0.6 is 24.0 Å². The van der Waals surface area contributed by atoms with Gasteiger partial charge in [0.1, 0.15) is 0 Å². The third-order valence-corrected chi connectivity index (χ3v) is 5.23. The Bertz CT molecular complexity index is 214. The van der Waals surface area contributed by atoms with E-state index in [1.165, 1.54) is 120 Å². The van der Waals surface area contributed by atoms with Crippen molar-refractivity contribution in [2.75, 3.05) is 27.2 Å². The molecule has 0 spiro atoms. The van der Waals surface area contributed by atoms with E-state index in [9.17, 15) is 0 Å². The summed E-state index contributed by atoms with van der Waals surface area (Å²) in [5, 5.41) is 0. The Hall–Kier alpha value is 1.38. The fraction of sp³-hybridized carbons (Fsp3) is 1.00. The van der Waals surface area contributed by atoms with Crippen LogP contribution in [0.25, 0.3) is 0 Å². The standard InChI is InChI=1S/C22H48N.2HI.H3N/c1-5-7-9-11-13-15-17-19-21-23(3,4)22-20-18-16-14-12-10-8-6-2;;;/h5-22H2,1-4H3;2*1H;1H3/q+1;;;/p-1. The number of halogens is 2. The quantitative estimate of drug-likeness (QED) is 0.133. The first-order chi connectivity index (χ1) is 11.1. The smallest absolute Gasteiger partial charge is 0.0782 e. The van der Waals surface area contributed by atoms with Gasteiger partial charge in [0.25, 0.3) is 0 Å². The first-order valence-corrected chi connectivity index (χ1v) is 10.9. The third kappa shape index (κ3) is 27.6.